The molecule has 1 aliphatic rings. The second-order valence-electron chi connectivity index (χ2n) is 4.36. The van der Waals surface area contributed by atoms with Crippen LogP contribution in [-0.4, -0.2) is 54.4 Å². The molecule has 1 N–H and O–H groups in total. The van der Waals surface area contributed by atoms with Crippen LogP contribution < -0.4 is 0 Å². The molecular weight excluding hydrogens is 246 g/mol. The van der Waals surface area contributed by atoms with Crippen LogP contribution in [0.1, 0.15) is 26.2 Å². The highest BCUT2D eigenvalue weighted by Gasteiger charge is 2.28. The zero-order valence-corrected chi connectivity index (χ0v) is 10.6. The molecule has 1 atom stereocenters. The summed E-state index contributed by atoms with van der Waals surface area (Å²) in [5.74, 6) is -3.60. The monoisotopic (exact) mass is 263 g/mol. The standard InChI is InChI=1S/C10H17NO5S/c1-8-4-2-3-5-11(8)9(12)6-17(15,16)7-10(13)14/h8H,2-7H2,1H3,(H,13,14)/t8-/m0/s1. The third-order valence-electron chi connectivity index (χ3n) is 2.81. The lowest BCUT2D eigenvalue weighted by Gasteiger charge is -2.33. The summed E-state index contributed by atoms with van der Waals surface area (Å²) in [5, 5.41) is 8.42. The number of piperidine rings is 1. The first-order chi connectivity index (χ1) is 7.82. The molecule has 0 bridgehead atoms. The number of carbonyl (C=O) groups is 2. The molecule has 1 fully saturated rings. The van der Waals surface area contributed by atoms with Crippen LogP contribution in [0.5, 0.6) is 0 Å². The molecule has 1 heterocycles. The van der Waals surface area contributed by atoms with Crippen molar-refractivity contribution in [2.75, 3.05) is 18.1 Å². The minimum Gasteiger partial charge on any atom is -0.480 e. The van der Waals surface area contributed by atoms with Gasteiger partial charge in [0.15, 0.2) is 9.84 Å². The molecule has 1 rings (SSSR count). The summed E-state index contributed by atoms with van der Waals surface area (Å²) >= 11 is 0. The zero-order valence-electron chi connectivity index (χ0n) is 9.76. The number of aliphatic carboxylic acids is 1. The summed E-state index contributed by atoms with van der Waals surface area (Å²) in [6.07, 6.45) is 2.77. The Hall–Kier alpha value is -1.11. The third-order valence-corrected chi connectivity index (χ3v) is 4.18. The maximum Gasteiger partial charge on any atom is 0.318 e. The van der Waals surface area contributed by atoms with Crippen LogP contribution in [0.4, 0.5) is 0 Å². The summed E-state index contributed by atoms with van der Waals surface area (Å²) in [7, 11) is -3.84. The van der Waals surface area contributed by atoms with Crippen LogP contribution in [0, 0.1) is 0 Å². The Labute approximate surface area is 101 Å². The molecule has 98 valence electrons. The number of carboxylic acid groups (broad SMARTS) is 1. The van der Waals surface area contributed by atoms with E-state index in [9.17, 15) is 18.0 Å². The van der Waals surface area contributed by atoms with Crippen molar-refractivity contribution in [1.29, 1.82) is 0 Å². The molecule has 0 aliphatic carbocycles. The second kappa shape index (κ2) is 5.48. The van der Waals surface area contributed by atoms with Gasteiger partial charge < -0.3 is 10.0 Å². The average Bonchev–Trinajstić information content (AvgIpc) is 2.14. The van der Waals surface area contributed by atoms with Gasteiger partial charge in [0.25, 0.3) is 0 Å². The third kappa shape index (κ3) is 4.33. The van der Waals surface area contributed by atoms with Gasteiger partial charge in [-0.15, -0.1) is 0 Å². The van der Waals surface area contributed by atoms with E-state index in [2.05, 4.69) is 0 Å². The molecule has 1 aliphatic heterocycles. The molecule has 6 nitrogen and oxygen atoms in total. The van der Waals surface area contributed by atoms with Crippen LogP contribution in [0.2, 0.25) is 0 Å². The van der Waals surface area contributed by atoms with Gasteiger partial charge >= 0.3 is 5.97 Å². The molecular formula is C10H17NO5S. The van der Waals surface area contributed by atoms with Crippen molar-refractivity contribution in [2.24, 2.45) is 0 Å². The second-order valence-corrected chi connectivity index (χ2v) is 6.42. The molecule has 0 spiro atoms. The highest BCUT2D eigenvalue weighted by Crippen LogP contribution is 2.16. The summed E-state index contributed by atoms with van der Waals surface area (Å²) in [6, 6.07) is 0.0382. The first-order valence-corrected chi connectivity index (χ1v) is 7.35. The Morgan fingerprint density at radius 2 is 1.94 bits per heavy atom. The number of hydrogen-bond donors (Lipinski definition) is 1. The van der Waals surface area contributed by atoms with Gasteiger partial charge in [0.1, 0.15) is 11.5 Å². The predicted octanol–water partition coefficient (Wildman–Crippen LogP) is -0.113. The molecule has 1 saturated heterocycles. The lowest BCUT2D eigenvalue weighted by molar-refractivity contribution is -0.134. The number of sulfone groups is 1. The van der Waals surface area contributed by atoms with Gasteiger partial charge in [0.05, 0.1) is 0 Å². The predicted molar refractivity (Wildman–Crippen MR) is 61.3 cm³/mol. The Morgan fingerprint density at radius 3 is 2.47 bits per heavy atom. The van der Waals surface area contributed by atoms with Crippen LogP contribution in [0.3, 0.4) is 0 Å². The van der Waals surface area contributed by atoms with Gasteiger partial charge in [-0.2, -0.15) is 0 Å². The van der Waals surface area contributed by atoms with E-state index in [1.165, 1.54) is 4.90 Å². The molecule has 1 amide bonds. The highest BCUT2D eigenvalue weighted by molar-refractivity contribution is 7.92. The smallest absolute Gasteiger partial charge is 0.318 e. The molecule has 7 heteroatoms. The number of carbonyl (C=O) groups excluding carboxylic acids is 1. The number of rotatable bonds is 4. The van der Waals surface area contributed by atoms with E-state index in [1.54, 1.807) is 0 Å². The van der Waals surface area contributed by atoms with E-state index in [0.29, 0.717) is 6.54 Å². The summed E-state index contributed by atoms with van der Waals surface area (Å²) in [4.78, 5) is 23.6. The van der Waals surface area contributed by atoms with Gasteiger partial charge in [0.2, 0.25) is 5.91 Å². The number of hydrogen-bond acceptors (Lipinski definition) is 4. The highest BCUT2D eigenvalue weighted by atomic mass is 32.2. The fraction of sp³-hybridized carbons (Fsp3) is 0.800. The Balaban J connectivity index is 2.62. The quantitative estimate of drug-likeness (QED) is 0.764. The van der Waals surface area contributed by atoms with Crippen LogP contribution in [0.25, 0.3) is 0 Å². The van der Waals surface area contributed by atoms with Crippen molar-refractivity contribution >= 4 is 21.7 Å². The van der Waals surface area contributed by atoms with Gasteiger partial charge in [-0.05, 0) is 26.2 Å². The van der Waals surface area contributed by atoms with E-state index < -0.39 is 33.2 Å². The number of nitrogens with zero attached hydrogens (tertiary/aromatic N) is 1. The first kappa shape index (κ1) is 14.0. The maximum atomic E-state index is 11.8. The van der Waals surface area contributed by atoms with Gasteiger partial charge in [-0.3, -0.25) is 9.59 Å². The Bertz CT molecular complexity index is 403. The number of carboxylic acids is 1. The Kier molecular flexibility index (Phi) is 4.50. The molecule has 0 aromatic rings. The molecule has 0 aromatic heterocycles. The van der Waals surface area contributed by atoms with Gasteiger partial charge in [0, 0.05) is 12.6 Å². The maximum absolute atomic E-state index is 11.8. The van der Waals surface area contributed by atoms with Gasteiger partial charge in [-0.1, -0.05) is 0 Å². The Morgan fingerprint density at radius 1 is 1.29 bits per heavy atom. The minimum atomic E-state index is -3.84. The van der Waals surface area contributed by atoms with E-state index in [4.69, 9.17) is 5.11 Å². The van der Waals surface area contributed by atoms with E-state index in [0.717, 1.165) is 19.3 Å². The topological polar surface area (TPSA) is 91.8 Å². The minimum absolute atomic E-state index is 0.0382. The lowest BCUT2D eigenvalue weighted by Crippen LogP contribution is -2.45. The largest absolute Gasteiger partial charge is 0.480 e. The summed E-state index contributed by atoms with van der Waals surface area (Å²) in [6.45, 7) is 2.43. The zero-order chi connectivity index (χ0) is 13.1. The van der Waals surface area contributed by atoms with E-state index >= 15 is 0 Å². The molecule has 0 aromatic carbocycles. The van der Waals surface area contributed by atoms with Crippen molar-refractivity contribution in [3.63, 3.8) is 0 Å². The van der Waals surface area contributed by atoms with Crippen LogP contribution in [-0.2, 0) is 19.4 Å². The normalized spacial score (nSPS) is 21.2. The van der Waals surface area contributed by atoms with E-state index in [-0.39, 0.29) is 6.04 Å². The van der Waals surface area contributed by atoms with Crippen molar-refractivity contribution in [2.45, 2.75) is 32.2 Å². The first-order valence-electron chi connectivity index (χ1n) is 5.53. The average molecular weight is 263 g/mol. The summed E-state index contributed by atoms with van der Waals surface area (Å²) in [5.41, 5.74) is 0. The van der Waals surface area contributed by atoms with Gasteiger partial charge in [-0.25, -0.2) is 8.42 Å². The van der Waals surface area contributed by atoms with Crippen LogP contribution in [0.15, 0.2) is 0 Å². The lowest BCUT2D eigenvalue weighted by atomic mass is 10.0. The van der Waals surface area contributed by atoms with Crippen molar-refractivity contribution in [3.8, 4) is 0 Å². The molecule has 17 heavy (non-hydrogen) atoms. The SMILES string of the molecule is C[C@H]1CCCCN1C(=O)CS(=O)(=O)CC(=O)O. The van der Waals surface area contributed by atoms with E-state index in [1.807, 2.05) is 6.92 Å². The number of amides is 1. The number of likely N-dealkylation sites (tertiary alicyclic amines) is 1. The fourth-order valence-corrected chi connectivity index (χ4v) is 3.00. The fourth-order valence-electron chi connectivity index (χ4n) is 1.98. The molecule has 0 saturated carbocycles. The molecule has 0 radical (unpaired) electrons. The van der Waals surface area contributed by atoms with Crippen LogP contribution >= 0.6 is 0 Å². The summed E-state index contributed by atoms with van der Waals surface area (Å²) < 4.78 is 22.7. The molecule has 0 unspecified atom stereocenters. The van der Waals surface area contributed by atoms with Crippen molar-refractivity contribution < 1.29 is 23.1 Å². The van der Waals surface area contributed by atoms with Crippen molar-refractivity contribution in [3.05, 3.63) is 0 Å². The van der Waals surface area contributed by atoms with Crippen molar-refractivity contribution in [1.82, 2.24) is 4.90 Å².